The highest BCUT2D eigenvalue weighted by atomic mass is 79.9. The molecule has 0 fully saturated rings. The Bertz CT molecular complexity index is 1250. The Morgan fingerprint density at radius 2 is 1.66 bits per heavy atom. The quantitative estimate of drug-likeness (QED) is 0.258. The Kier molecular flexibility index (Phi) is 6.82. The fraction of sp³-hybridized carbons (Fsp3) is 0.0769. The molecule has 0 unspecified atom stereocenters. The van der Waals surface area contributed by atoms with Gasteiger partial charge in [-0.3, -0.25) is 4.79 Å². The minimum atomic E-state index is -0.335. The molecule has 0 spiro atoms. The van der Waals surface area contributed by atoms with Crippen LogP contribution in [0.15, 0.2) is 94.5 Å². The van der Waals surface area contributed by atoms with Crippen molar-refractivity contribution in [1.29, 1.82) is 0 Å². The number of methoxy groups -OCH3 is 1. The lowest BCUT2D eigenvalue weighted by atomic mass is 10.1. The van der Waals surface area contributed by atoms with E-state index in [2.05, 4.69) is 26.5 Å². The molecule has 0 atom stereocenters. The first kappa shape index (κ1) is 21.6. The van der Waals surface area contributed by atoms with Crippen molar-refractivity contribution in [2.75, 3.05) is 7.11 Å². The van der Waals surface area contributed by atoms with Gasteiger partial charge in [0.2, 0.25) is 0 Å². The first-order valence-corrected chi connectivity index (χ1v) is 10.8. The summed E-state index contributed by atoms with van der Waals surface area (Å²) in [4.78, 5) is 12.6. The lowest BCUT2D eigenvalue weighted by molar-refractivity contribution is 0.0952. The number of carbonyl (C=O) groups excluding carboxylic acids is 1. The number of hydrazone groups is 1. The van der Waals surface area contributed by atoms with E-state index in [0.717, 1.165) is 32.1 Å². The van der Waals surface area contributed by atoms with Gasteiger partial charge in [-0.05, 0) is 70.4 Å². The van der Waals surface area contributed by atoms with E-state index < -0.39 is 0 Å². The molecular weight excluding hydrogens is 468 g/mol. The second kappa shape index (κ2) is 10.1. The number of nitrogens with one attached hydrogen (secondary N) is 1. The molecule has 0 aromatic heterocycles. The van der Waals surface area contributed by atoms with Gasteiger partial charge in [-0.2, -0.15) is 5.10 Å². The van der Waals surface area contributed by atoms with Gasteiger partial charge in [-0.1, -0.05) is 52.3 Å². The van der Waals surface area contributed by atoms with Crippen molar-refractivity contribution < 1.29 is 14.3 Å². The molecular formula is C26H21BrN2O3. The van der Waals surface area contributed by atoms with Gasteiger partial charge in [0.15, 0.2) is 0 Å². The maximum Gasteiger partial charge on any atom is 0.275 e. The fourth-order valence-electron chi connectivity index (χ4n) is 3.19. The predicted octanol–water partition coefficient (Wildman–Crippen LogP) is 5.95. The van der Waals surface area contributed by atoms with Crippen molar-refractivity contribution in [3.63, 3.8) is 0 Å². The van der Waals surface area contributed by atoms with Crippen molar-refractivity contribution >= 4 is 38.8 Å². The zero-order chi connectivity index (χ0) is 22.3. The first-order chi connectivity index (χ1) is 15.6. The number of hydrogen-bond donors (Lipinski definition) is 1. The van der Waals surface area contributed by atoms with Gasteiger partial charge in [-0.25, -0.2) is 5.43 Å². The van der Waals surface area contributed by atoms with E-state index in [0.29, 0.717) is 17.9 Å². The number of nitrogens with zero attached hydrogens (tertiary/aromatic N) is 1. The van der Waals surface area contributed by atoms with Crippen LogP contribution in [-0.2, 0) is 6.61 Å². The summed E-state index contributed by atoms with van der Waals surface area (Å²) in [6.45, 7) is 0.490. The molecule has 4 rings (SSSR count). The lowest BCUT2D eigenvalue weighted by Gasteiger charge is -2.09. The van der Waals surface area contributed by atoms with E-state index in [-0.39, 0.29) is 5.91 Å². The number of amides is 1. The Hall–Kier alpha value is -3.64. The molecule has 5 nitrogen and oxygen atoms in total. The Balaban J connectivity index is 1.37. The average Bonchev–Trinajstić information content (AvgIpc) is 2.83. The monoisotopic (exact) mass is 488 g/mol. The van der Waals surface area contributed by atoms with Crippen LogP contribution in [0.25, 0.3) is 10.8 Å². The van der Waals surface area contributed by atoms with Crippen molar-refractivity contribution in [2.24, 2.45) is 5.10 Å². The number of benzene rings is 4. The van der Waals surface area contributed by atoms with Crippen LogP contribution in [0.4, 0.5) is 0 Å². The van der Waals surface area contributed by atoms with Gasteiger partial charge in [0.1, 0.15) is 18.1 Å². The maximum absolute atomic E-state index is 12.6. The summed E-state index contributed by atoms with van der Waals surface area (Å²) in [7, 11) is 1.55. The topological polar surface area (TPSA) is 59.9 Å². The van der Waals surface area contributed by atoms with Gasteiger partial charge in [0.25, 0.3) is 5.91 Å². The van der Waals surface area contributed by atoms with Crippen LogP contribution < -0.4 is 14.9 Å². The van der Waals surface area contributed by atoms with Crippen LogP contribution in [0.5, 0.6) is 11.5 Å². The summed E-state index contributed by atoms with van der Waals surface area (Å²) >= 11 is 3.42. The van der Waals surface area contributed by atoms with Crippen molar-refractivity contribution in [3.8, 4) is 11.5 Å². The molecule has 6 heteroatoms. The number of rotatable bonds is 7. The van der Waals surface area contributed by atoms with Gasteiger partial charge < -0.3 is 9.47 Å². The zero-order valence-corrected chi connectivity index (χ0v) is 19.0. The number of carbonyl (C=O) groups is 1. The van der Waals surface area contributed by atoms with E-state index >= 15 is 0 Å². The molecule has 0 heterocycles. The highest BCUT2D eigenvalue weighted by Gasteiger charge is 2.13. The van der Waals surface area contributed by atoms with E-state index in [1.165, 1.54) is 0 Å². The summed E-state index contributed by atoms with van der Waals surface area (Å²) in [5.74, 6) is 0.928. The van der Waals surface area contributed by atoms with Gasteiger partial charge >= 0.3 is 0 Å². The van der Waals surface area contributed by atoms with Crippen LogP contribution in [0, 0.1) is 0 Å². The molecule has 0 saturated carbocycles. The van der Waals surface area contributed by atoms with Gasteiger partial charge in [0, 0.05) is 4.47 Å². The summed E-state index contributed by atoms with van der Waals surface area (Å²) < 4.78 is 12.2. The van der Waals surface area contributed by atoms with Crippen molar-refractivity contribution in [1.82, 2.24) is 5.43 Å². The molecule has 0 aliphatic rings. The minimum Gasteiger partial charge on any atom is -0.496 e. The van der Waals surface area contributed by atoms with Crippen LogP contribution >= 0.6 is 15.9 Å². The largest absolute Gasteiger partial charge is 0.496 e. The molecule has 1 amide bonds. The van der Waals surface area contributed by atoms with E-state index in [9.17, 15) is 4.79 Å². The molecule has 0 saturated heterocycles. The third-order valence-corrected chi connectivity index (χ3v) is 5.42. The zero-order valence-electron chi connectivity index (χ0n) is 17.4. The Morgan fingerprint density at radius 3 is 2.34 bits per heavy atom. The van der Waals surface area contributed by atoms with E-state index in [1.807, 2.05) is 78.9 Å². The third-order valence-electron chi connectivity index (χ3n) is 4.89. The fourth-order valence-corrected chi connectivity index (χ4v) is 3.45. The molecule has 0 aliphatic carbocycles. The van der Waals surface area contributed by atoms with Crippen LogP contribution in [-0.4, -0.2) is 19.2 Å². The molecule has 32 heavy (non-hydrogen) atoms. The van der Waals surface area contributed by atoms with Crippen molar-refractivity contribution in [3.05, 3.63) is 106 Å². The Labute approximate surface area is 194 Å². The maximum atomic E-state index is 12.6. The number of halogens is 1. The predicted molar refractivity (Wildman–Crippen MR) is 130 cm³/mol. The number of fused-ring (bicyclic) bond motifs is 1. The van der Waals surface area contributed by atoms with Crippen molar-refractivity contribution in [2.45, 2.75) is 6.61 Å². The minimum absolute atomic E-state index is 0.335. The van der Waals surface area contributed by atoms with Gasteiger partial charge in [0.05, 0.1) is 18.9 Å². The summed E-state index contributed by atoms with van der Waals surface area (Å²) in [6.07, 6.45) is 1.59. The summed E-state index contributed by atoms with van der Waals surface area (Å²) in [5, 5.41) is 6.05. The lowest BCUT2D eigenvalue weighted by Crippen LogP contribution is -2.18. The molecule has 0 bridgehead atoms. The highest BCUT2D eigenvalue weighted by molar-refractivity contribution is 9.10. The highest BCUT2D eigenvalue weighted by Crippen LogP contribution is 2.26. The first-order valence-electron chi connectivity index (χ1n) is 10.00. The molecule has 1 N–H and O–H groups in total. The number of ether oxygens (including phenoxy) is 2. The standard InChI is InChI=1S/C26H21BrN2O3/c1-31-25-15-21-5-3-2-4-20(21)14-24(25)26(30)29-28-16-18-8-12-23(13-9-18)32-17-19-6-10-22(27)11-7-19/h2-16H,17H2,1H3,(H,29,30). The van der Waals surface area contributed by atoms with Crippen LogP contribution in [0.3, 0.4) is 0 Å². The summed E-state index contributed by atoms with van der Waals surface area (Å²) in [5.41, 5.74) is 4.93. The van der Waals surface area contributed by atoms with Gasteiger partial charge in [-0.15, -0.1) is 0 Å². The Morgan fingerprint density at radius 1 is 0.969 bits per heavy atom. The second-order valence-corrected chi connectivity index (χ2v) is 8.00. The SMILES string of the molecule is COc1cc2ccccc2cc1C(=O)NN=Cc1ccc(OCc2ccc(Br)cc2)cc1. The normalized spacial score (nSPS) is 10.9. The molecule has 0 radical (unpaired) electrons. The van der Waals surface area contributed by atoms with E-state index in [4.69, 9.17) is 9.47 Å². The number of hydrogen-bond acceptors (Lipinski definition) is 4. The average molecular weight is 489 g/mol. The third kappa shape index (κ3) is 5.34. The second-order valence-electron chi connectivity index (χ2n) is 7.08. The van der Waals surface area contributed by atoms with Crippen LogP contribution in [0.1, 0.15) is 21.5 Å². The molecule has 0 aliphatic heterocycles. The smallest absolute Gasteiger partial charge is 0.275 e. The molecule has 4 aromatic rings. The van der Waals surface area contributed by atoms with E-state index in [1.54, 1.807) is 19.4 Å². The summed E-state index contributed by atoms with van der Waals surface area (Å²) in [6, 6.07) is 27.0. The molecule has 4 aromatic carbocycles. The molecule has 160 valence electrons. The van der Waals surface area contributed by atoms with Crippen LogP contribution in [0.2, 0.25) is 0 Å².